The number of hydrogen-bond acceptors (Lipinski definition) is 3. The van der Waals surface area contributed by atoms with Gasteiger partial charge >= 0.3 is 0 Å². The molecule has 0 radical (unpaired) electrons. The minimum absolute atomic E-state index is 0.0408. The Balaban J connectivity index is 1.74. The van der Waals surface area contributed by atoms with Gasteiger partial charge in [-0.2, -0.15) is 0 Å². The van der Waals surface area contributed by atoms with Crippen LogP contribution in [0.2, 0.25) is 0 Å². The lowest BCUT2D eigenvalue weighted by molar-refractivity contribution is 0.0303. The van der Waals surface area contributed by atoms with E-state index >= 15 is 0 Å². The number of benzene rings is 2. The number of pyridine rings is 1. The summed E-state index contributed by atoms with van der Waals surface area (Å²) in [7, 11) is 0. The van der Waals surface area contributed by atoms with Gasteiger partial charge in [0, 0.05) is 24.2 Å². The van der Waals surface area contributed by atoms with E-state index in [0.29, 0.717) is 44.0 Å². The van der Waals surface area contributed by atoms with Gasteiger partial charge in [-0.05, 0) is 17.2 Å². The van der Waals surface area contributed by atoms with E-state index in [9.17, 15) is 9.59 Å². The van der Waals surface area contributed by atoms with Crippen LogP contribution in [0.25, 0.3) is 22.4 Å². The molecule has 2 aromatic carbocycles. The van der Waals surface area contributed by atoms with E-state index in [1.165, 1.54) is 0 Å². The highest BCUT2D eigenvalue weighted by Gasteiger charge is 2.30. The average Bonchev–Trinajstić information content (AvgIpc) is 3.15. The molecule has 1 fully saturated rings. The molecule has 1 aromatic heterocycles. The molecule has 140 valence electrons. The van der Waals surface area contributed by atoms with Crippen LogP contribution >= 0.6 is 0 Å². The van der Waals surface area contributed by atoms with Gasteiger partial charge in [0.15, 0.2) is 0 Å². The van der Waals surface area contributed by atoms with Crippen molar-refractivity contribution in [1.82, 2.24) is 9.47 Å². The fourth-order valence-electron chi connectivity index (χ4n) is 4.09. The Hall–Kier alpha value is -3.18. The Bertz CT molecular complexity index is 1110. The van der Waals surface area contributed by atoms with Crippen molar-refractivity contribution in [3.05, 3.63) is 82.1 Å². The molecule has 5 nitrogen and oxygen atoms in total. The molecule has 2 aliphatic heterocycles. The first-order chi connectivity index (χ1) is 13.7. The van der Waals surface area contributed by atoms with Gasteiger partial charge in [0.2, 0.25) is 0 Å². The van der Waals surface area contributed by atoms with Gasteiger partial charge < -0.3 is 14.2 Å². The number of aromatic nitrogens is 1. The van der Waals surface area contributed by atoms with Gasteiger partial charge in [-0.1, -0.05) is 54.6 Å². The van der Waals surface area contributed by atoms with Gasteiger partial charge in [0.1, 0.15) is 0 Å². The zero-order valence-corrected chi connectivity index (χ0v) is 15.4. The van der Waals surface area contributed by atoms with E-state index in [2.05, 4.69) is 0 Å². The Morgan fingerprint density at radius 2 is 1.61 bits per heavy atom. The number of nitrogens with zero attached hydrogens (tertiary/aromatic N) is 2. The maximum atomic E-state index is 13.4. The summed E-state index contributed by atoms with van der Waals surface area (Å²) in [4.78, 5) is 28.5. The van der Waals surface area contributed by atoms with Gasteiger partial charge in [-0.15, -0.1) is 0 Å². The molecule has 2 aliphatic rings. The third-order valence-corrected chi connectivity index (χ3v) is 5.50. The summed E-state index contributed by atoms with van der Waals surface area (Å²) in [6, 6.07) is 19.3. The lowest BCUT2D eigenvalue weighted by atomic mass is 9.99. The fraction of sp³-hybridized carbons (Fsp3) is 0.217. The number of amides is 1. The van der Waals surface area contributed by atoms with Crippen LogP contribution in [-0.2, 0) is 11.3 Å². The van der Waals surface area contributed by atoms with Crippen LogP contribution in [0.5, 0.6) is 0 Å². The van der Waals surface area contributed by atoms with Crippen LogP contribution in [0.1, 0.15) is 15.9 Å². The predicted molar refractivity (Wildman–Crippen MR) is 107 cm³/mol. The molecule has 0 bridgehead atoms. The number of carbonyl (C=O) groups excluding carboxylic acids is 1. The van der Waals surface area contributed by atoms with E-state index in [4.69, 9.17) is 4.74 Å². The minimum Gasteiger partial charge on any atom is -0.378 e. The Labute approximate surface area is 162 Å². The highest BCUT2D eigenvalue weighted by Crippen LogP contribution is 2.35. The minimum atomic E-state index is -0.0593. The first-order valence-corrected chi connectivity index (χ1v) is 9.52. The molecule has 0 saturated carbocycles. The second-order valence-corrected chi connectivity index (χ2v) is 7.14. The van der Waals surface area contributed by atoms with Crippen LogP contribution in [0.15, 0.2) is 65.5 Å². The lowest BCUT2D eigenvalue weighted by Crippen LogP contribution is -2.41. The first-order valence-electron chi connectivity index (χ1n) is 9.52. The lowest BCUT2D eigenvalue weighted by Gasteiger charge is -2.28. The highest BCUT2D eigenvalue weighted by molar-refractivity contribution is 6.02. The quantitative estimate of drug-likeness (QED) is 0.544. The van der Waals surface area contributed by atoms with Gasteiger partial charge in [-0.3, -0.25) is 9.59 Å². The van der Waals surface area contributed by atoms with E-state index in [0.717, 1.165) is 22.4 Å². The molecule has 0 unspecified atom stereocenters. The molecule has 28 heavy (non-hydrogen) atoms. The van der Waals surface area contributed by atoms with Crippen molar-refractivity contribution < 1.29 is 9.53 Å². The number of morpholine rings is 1. The number of hydrogen-bond donors (Lipinski definition) is 0. The van der Waals surface area contributed by atoms with Crippen molar-refractivity contribution in [2.45, 2.75) is 6.54 Å². The molecular formula is C23H20N2O3. The van der Waals surface area contributed by atoms with Crippen LogP contribution in [-0.4, -0.2) is 41.7 Å². The van der Waals surface area contributed by atoms with Crippen molar-refractivity contribution in [2.24, 2.45) is 0 Å². The maximum absolute atomic E-state index is 13.4. The molecule has 1 saturated heterocycles. The SMILES string of the molecule is O=C(c1cc(-c2ccccc2)c(=O)n2c1-c1ccccc1C2)N1CCOCC1. The highest BCUT2D eigenvalue weighted by atomic mass is 16.5. The number of ether oxygens (including phenoxy) is 1. The number of carbonyl (C=O) groups is 1. The monoisotopic (exact) mass is 372 g/mol. The van der Waals surface area contributed by atoms with E-state index < -0.39 is 0 Å². The molecule has 0 N–H and O–H groups in total. The molecule has 0 spiro atoms. The second kappa shape index (κ2) is 6.77. The fourth-order valence-corrected chi connectivity index (χ4v) is 4.09. The normalized spacial score (nSPS) is 15.2. The Kier molecular flexibility index (Phi) is 4.10. The molecule has 3 aromatic rings. The average molecular weight is 372 g/mol. The Morgan fingerprint density at radius 3 is 2.39 bits per heavy atom. The van der Waals surface area contributed by atoms with Crippen molar-refractivity contribution >= 4 is 5.91 Å². The molecule has 0 aliphatic carbocycles. The van der Waals surface area contributed by atoms with Crippen molar-refractivity contribution in [2.75, 3.05) is 26.3 Å². The summed E-state index contributed by atoms with van der Waals surface area (Å²) in [5.74, 6) is -0.0408. The zero-order chi connectivity index (χ0) is 19.1. The van der Waals surface area contributed by atoms with E-state index in [1.807, 2.05) is 59.5 Å². The number of rotatable bonds is 2. The molecular weight excluding hydrogens is 352 g/mol. The molecule has 5 rings (SSSR count). The first kappa shape index (κ1) is 17.0. The summed E-state index contributed by atoms with van der Waals surface area (Å²) in [5.41, 5.74) is 4.69. The van der Waals surface area contributed by atoms with Gasteiger partial charge in [0.05, 0.1) is 31.0 Å². The predicted octanol–water partition coefficient (Wildman–Crippen LogP) is 3.02. The van der Waals surface area contributed by atoms with Crippen molar-refractivity contribution in [3.63, 3.8) is 0 Å². The van der Waals surface area contributed by atoms with Crippen LogP contribution < -0.4 is 5.56 Å². The van der Waals surface area contributed by atoms with E-state index in [-0.39, 0.29) is 11.5 Å². The standard InChI is InChI=1S/C23H20N2O3/c26-22(24-10-12-28-13-11-24)20-14-19(16-6-2-1-3-7-16)23(27)25-15-17-8-4-5-9-18(17)21(20)25/h1-9,14H,10-13,15H2. The topological polar surface area (TPSA) is 51.5 Å². The van der Waals surface area contributed by atoms with Gasteiger partial charge in [0.25, 0.3) is 11.5 Å². The second-order valence-electron chi connectivity index (χ2n) is 7.14. The smallest absolute Gasteiger partial charge is 0.259 e. The van der Waals surface area contributed by atoms with Crippen LogP contribution in [0.3, 0.4) is 0 Å². The van der Waals surface area contributed by atoms with Crippen molar-refractivity contribution in [1.29, 1.82) is 0 Å². The molecule has 0 atom stereocenters. The zero-order valence-electron chi connectivity index (χ0n) is 15.4. The third-order valence-electron chi connectivity index (χ3n) is 5.50. The molecule has 5 heteroatoms. The largest absolute Gasteiger partial charge is 0.378 e. The van der Waals surface area contributed by atoms with Crippen molar-refractivity contribution in [3.8, 4) is 22.4 Å². The van der Waals surface area contributed by atoms with E-state index in [1.54, 1.807) is 10.6 Å². The summed E-state index contributed by atoms with van der Waals surface area (Å²) >= 11 is 0. The summed E-state index contributed by atoms with van der Waals surface area (Å²) < 4.78 is 7.15. The van der Waals surface area contributed by atoms with Crippen LogP contribution in [0.4, 0.5) is 0 Å². The summed E-state index contributed by atoms with van der Waals surface area (Å²) in [6.07, 6.45) is 0. The molecule has 1 amide bonds. The maximum Gasteiger partial charge on any atom is 0.259 e. The third kappa shape index (κ3) is 2.67. The van der Waals surface area contributed by atoms with Gasteiger partial charge in [-0.25, -0.2) is 0 Å². The Morgan fingerprint density at radius 1 is 0.893 bits per heavy atom. The molecule has 3 heterocycles. The number of fused-ring (bicyclic) bond motifs is 3. The van der Waals surface area contributed by atoms with Crippen LogP contribution in [0, 0.1) is 0 Å². The summed E-state index contributed by atoms with van der Waals surface area (Å²) in [6.45, 7) is 2.72. The summed E-state index contributed by atoms with van der Waals surface area (Å²) in [5, 5.41) is 0.